The highest BCUT2D eigenvalue weighted by molar-refractivity contribution is 5.85. The zero-order valence-corrected chi connectivity index (χ0v) is 23.7. The Kier molecular flexibility index (Phi) is 8.85. The van der Waals surface area contributed by atoms with Crippen LogP contribution in [0.1, 0.15) is 31.5 Å². The average Bonchev–Trinajstić information content (AvgIpc) is 3.57. The Bertz CT molecular complexity index is 1450. The van der Waals surface area contributed by atoms with Crippen molar-refractivity contribution in [2.24, 2.45) is 0 Å². The SMILES string of the molecule is [2H]CCNC(=O)[C@H]1OC(n2cnc3c(NCC(c4ccccc4)c4ccccc4)nc(NCCN(C)C)nc32)[C@H](O)[C@@H]1O. The van der Waals surface area contributed by atoms with Gasteiger partial charge in [-0.15, -0.1) is 0 Å². The Morgan fingerprint density at radius 2 is 1.74 bits per heavy atom. The van der Waals surface area contributed by atoms with Crippen LogP contribution in [0.4, 0.5) is 11.8 Å². The van der Waals surface area contributed by atoms with E-state index in [1.165, 1.54) is 10.9 Å². The second-order valence-corrected chi connectivity index (χ2v) is 10.4. The number of aliphatic hydroxyl groups excluding tert-OH is 2. The van der Waals surface area contributed by atoms with Crippen LogP contribution in [-0.2, 0) is 9.53 Å². The maximum Gasteiger partial charge on any atom is 0.252 e. The molecule has 1 fully saturated rings. The largest absolute Gasteiger partial charge is 0.387 e. The maximum absolute atomic E-state index is 12.5. The van der Waals surface area contributed by atoms with Crippen molar-refractivity contribution in [2.75, 3.05) is 50.9 Å². The van der Waals surface area contributed by atoms with Gasteiger partial charge >= 0.3 is 0 Å². The molecule has 2 aromatic heterocycles. The molecule has 12 heteroatoms. The fourth-order valence-corrected chi connectivity index (χ4v) is 5.02. The number of carbonyl (C=O) groups is 1. The van der Waals surface area contributed by atoms with Gasteiger partial charge in [0.05, 0.1) is 6.33 Å². The smallest absolute Gasteiger partial charge is 0.252 e. The Balaban J connectivity index is 1.47. The molecule has 1 aliphatic heterocycles. The molecule has 42 heavy (non-hydrogen) atoms. The Labute approximate surface area is 246 Å². The monoisotopic (exact) mass is 575 g/mol. The second-order valence-electron chi connectivity index (χ2n) is 10.4. The molecule has 0 radical (unpaired) electrons. The number of anilines is 2. The van der Waals surface area contributed by atoms with Gasteiger partial charge in [-0.3, -0.25) is 9.36 Å². The molecule has 0 spiro atoms. The van der Waals surface area contributed by atoms with E-state index in [1.807, 2.05) is 55.4 Å². The van der Waals surface area contributed by atoms with E-state index in [9.17, 15) is 15.0 Å². The highest BCUT2D eigenvalue weighted by atomic mass is 16.6. The first-order chi connectivity index (χ1) is 20.9. The highest BCUT2D eigenvalue weighted by Gasteiger charge is 2.47. The lowest BCUT2D eigenvalue weighted by atomic mass is 9.91. The number of hydrogen-bond donors (Lipinski definition) is 5. The lowest BCUT2D eigenvalue weighted by molar-refractivity contribution is -0.137. The van der Waals surface area contributed by atoms with Crippen molar-refractivity contribution in [3.8, 4) is 0 Å². The molecule has 0 saturated carbocycles. The van der Waals surface area contributed by atoms with E-state index in [-0.39, 0.29) is 19.4 Å². The summed E-state index contributed by atoms with van der Waals surface area (Å²) in [7, 11) is 3.95. The quantitative estimate of drug-likeness (QED) is 0.169. The summed E-state index contributed by atoms with van der Waals surface area (Å²) < 4.78 is 14.6. The molecule has 222 valence electrons. The minimum absolute atomic E-state index is 0.0155. The standard InChI is InChI=1S/C30H38N8O4/c1-4-31-28(41)25-23(39)24(40)29(42-25)38-18-34-22-26(35-30(36-27(22)38)32-15-16-37(2)3)33-17-21(19-11-7-5-8-12-19)20-13-9-6-10-14-20/h5-14,18,21,23-25,29,39-40H,4,15-17H2,1-3H3,(H,31,41)(H2,32,33,35,36)/t23-,24+,25-,29?/m0/s1/i1D. The molecule has 5 rings (SSSR count). The Morgan fingerprint density at radius 1 is 1.05 bits per heavy atom. The predicted octanol–water partition coefficient (Wildman–Crippen LogP) is 1.80. The number of imidazole rings is 1. The van der Waals surface area contributed by atoms with Crippen molar-refractivity contribution < 1.29 is 21.1 Å². The van der Waals surface area contributed by atoms with Gasteiger partial charge in [0.2, 0.25) is 5.95 Å². The number of benzene rings is 2. The summed E-state index contributed by atoms with van der Waals surface area (Å²) in [6.07, 6.45) is -3.85. The summed E-state index contributed by atoms with van der Waals surface area (Å²) in [5.41, 5.74) is 3.11. The van der Waals surface area contributed by atoms with Gasteiger partial charge in [0.1, 0.15) is 12.2 Å². The van der Waals surface area contributed by atoms with Gasteiger partial charge in [0.25, 0.3) is 5.91 Å². The molecular weight excluding hydrogens is 536 g/mol. The first-order valence-electron chi connectivity index (χ1n) is 14.6. The minimum Gasteiger partial charge on any atom is -0.387 e. The molecule has 12 nitrogen and oxygen atoms in total. The number of nitrogens with one attached hydrogen (secondary N) is 3. The maximum atomic E-state index is 12.5. The van der Waals surface area contributed by atoms with Crippen LogP contribution in [0.15, 0.2) is 67.0 Å². The van der Waals surface area contributed by atoms with Gasteiger partial charge in [-0.05, 0) is 32.1 Å². The third-order valence-electron chi connectivity index (χ3n) is 7.21. The molecular formula is C30H38N8O4. The number of fused-ring (bicyclic) bond motifs is 1. The molecule has 1 amide bonds. The molecule has 3 heterocycles. The predicted molar refractivity (Wildman–Crippen MR) is 160 cm³/mol. The second kappa shape index (κ2) is 13.3. The third-order valence-corrected chi connectivity index (χ3v) is 7.21. The molecule has 1 unspecified atom stereocenters. The lowest BCUT2D eigenvalue weighted by Gasteiger charge is -2.20. The fraction of sp³-hybridized carbons (Fsp3) is 0.400. The number of carbonyl (C=O) groups excluding carboxylic acids is 1. The van der Waals surface area contributed by atoms with E-state index in [4.69, 9.17) is 11.1 Å². The van der Waals surface area contributed by atoms with Crippen molar-refractivity contribution in [2.45, 2.75) is 37.4 Å². The summed E-state index contributed by atoms with van der Waals surface area (Å²) in [5, 5.41) is 30.8. The normalized spacial score (nSPS) is 20.7. The van der Waals surface area contributed by atoms with Crippen LogP contribution in [0, 0.1) is 0 Å². The van der Waals surface area contributed by atoms with Crippen LogP contribution in [0.3, 0.4) is 0 Å². The van der Waals surface area contributed by atoms with E-state index < -0.39 is 30.4 Å². The number of rotatable bonds is 12. The number of nitrogens with zero attached hydrogens (tertiary/aromatic N) is 5. The Hall–Kier alpha value is -4.10. The van der Waals surface area contributed by atoms with Gasteiger partial charge in [0, 0.05) is 33.5 Å². The zero-order valence-electron chi connectivity index (χ0n) is 24.7. The highest BCUT2D eigenvalue weighted by Crippen LogP contribution is 2.33. The molecule has 5 N–H and O–H groups in total. The molecule has 4 atom stereocenters. The number of ether oxygens (including phenoxy) is 1. The third kappa shape index (κ3) is 6.36. The van der Waals surface area contributed by atoms with Crippen LogP contribution >= 0.6 is 0 Å². The molecule has 2 aromatic carbocycles. The van der Waals surface area contributed by atoms with E-state index in [1.54, 1.807) is 0 Å². The van der Waals surface area contributed by atoms with Crippen LogP contribution in [0.5, 0.6) is 0 Å². The van der Waals surface area contributed by atoms with Crippen LogP contribution in [-0.4, -0.2) is 99.1 Å². The van der Waals surface area contributed by atoms with E-state index in [2.05, 4.69) is 50.2 Å². The first kappa shape index (κ1) is 28.0. The van der Waals surface area contributed by atoms with Crippen molar-refractivity contribution in [1.29, 1.82) is 0 Å². The van der Waals surface area contributed by atoms with Crippen molar-refractivity contribution >= 4 is 28.8 Å². The first-order valence-corrected chi connectivity index (χ1v) is 13.9. The summed E-state index contributed by atoms with van der Waals surface area (Å²) in [6, 6.07) is 20.4. The number of aliphatic hydroxyl groups is 2. The topological polar surface area (TPSA) is 150 Å². The van der Waals surface area contributed by atoms with Crippen LogP contribution in [0.2, 0.25) is 0 Å². The number of hydrogen-bond acceptors (Lipinski definition) is 10. The van der Waals surface area contributed by atoms with E-state index in [0.717, 1.165) is 17.7 Å². The Morgan fingerprint density at radius 3 is 2.38 bits per heavy atom. The molecule has 0 bridgehead atoms. The van der Waals surface area contributed by atoms with Crippen molar-refractivity contribution in [3.05, 3.63) is 78.1 Å². The lowest BCUT2D eigenvalue weighted by Crippen LogP contribution is -2.42. The van der Waals surface area contributed by atoms with Gasteiger partial charge in [0.15, 0.2) is 29.3 Å². The summed E-state index contributed by atoms with van der Waals surface area (Å²) in [5.74, 6) is 0.275. The molecule has 1 aliphatic rings. The van der Waals surface area contributed by atoms with E-state index >= 15 is 0 Å². The van der Waals surface area contributed by atoms with Gasteiger partial charge in [-0.1, -0.05) is 60.7 Å². The van der Waals surface area contributed by atoms with Crippen molar-refractivity contribution in [3.63, 3.8) is 0 Å². The molecule has 0 aliphatic carbocycles. The summed E-state index contributed by atoms with van der Waals surface area (Å²) >= 11 is 0. The fourth-order valence-electron chi connectivity index (χ4n) is 5.02. The average molecular weight is 576 g/mol. The summed E-state index contributed by atoms with van der Waals surface area (Å²) in [4.78, 5) is 28.6. The van der Waals surface area contributed by atoms with Gasteiger partial charge in [-0.25, -0.2) is 4.98 Å². The van der Waals surface area contributed by atoms with E-state index in [0.29, 0.717) is 36.0 Å². The minimum atomic E-state index is -1.47. The molecule has 1 saturated heterocycles. The zero-order chi connectivity index (χ0) is 30.3. The van der Waals surface area contributed by atoms with Gasteiger partial charge < -0.3 is 35.8 Å². The van der Waals surface area contributed by atoms with Crippen LogP contribution in [0.25, 0.3) is 11.2 Å². The van der Waals surface area contributed by atoms with Gasteiger partial charge in [-0.2, -0.15) is 9.97 Å². The van der Waals surface area contributed by atoms with Crippen molar-refractivity contribution in [1.82, 2.24) is 29.7 Å². The van der Waals surface area contributed by atoms with Crippen LogP contribution < -0.4 is 16.0 Å². The number of aromatic nitrogens is 4. The summed E-state index contributed by atoms with van der Waals surface area (Å²) in [6.45, 7) is 1.95. The number of amides is 1. The number of likely N-dealkylation sites (N-methyl/N-ethyl adjacent to an activating group) is 2. The molecule has 4 aromatic rings.